The van der Waals surface area contributed by atoms with Crippen molar-refractivity contribution in [2.24, 2.45) is 11.7 Å². The van der Waals surface area contributed by atoms with Gasteiger partial charge in [0, 0.05) is 18.1 Å². The third kappa shape index (κ3) is 3.25. The quantitative estimate of drug-likeness (QED) is 0.750. The minimum Gasteiger partial charge on any atom is -0.327 e. The first-order chi connectivity index (χ1) is 6.42. The molecule has 0 aromatic heterocycles. The maximum Gasteiger partial charge on any atom is 0.0170 e. The van der Waals surface area contributed by atoms with Crippen LogP contribution >= 0.6 is 0 Å². The molecule has 2 N–H and O–H groups in total. The van der Waals surface area contributed by atoms with Gasteiger partial charge in [0.1, 0.15) is 0 Å². The van der Waals surface area contributed by atoms with Crippen LogP contribution in [0.2, 0.25) is 0 Å². The van der Waals surface area contributed by atoms with Gasteiger partial charge in [0.05, 0.1) is 0 Å². The van der Waals surface area contributed by atoms with Crippen molar-refractivity contribution < 1.29 is 0 Å². The summed E-state index contributed by atoms with van der Waals surface area (Å²) in [5.41, 5.74) is 6.52. The zero-order valence-corrected chi connectivity index (χ0v) is 10.2. The predicted molar refractivity (Wildman–Crippen MR) is 62.3 cm³/mol. The molecule has 1 saturated heterocycles. The van der Waals surface area contributed by atoms with Crippen molar-refractivity contribution in [2.45, 2.75) is 58.5 Å². The van der Waals surface area contributed by atoms with E-state index in [1.165, 1.54) is 19.4 Å². The van der Waals surface area contributed by atoms with E-state index in [4.69, 9.17) is 5.73 Å². The first-order valence-corrected chi connectivity index (χ1v) is 5.92. The number of likely N-dealkylation sites (tertiary alicyclic amines) is 1. The van der Waals surface area contributed by atoms with Gasteiger partial charge in [-0.1, -0.05) is 13.8 Å². The van der Waals surface area contributed by atoms with Gasteiger partial charge < -0.3 is 5.73 Å². The smallest absolute Gasteiger partial charge is 0.0170 e. The second-order valence-electron chi connectivity index (χ2n) is 5.75. The van der Waals surface area contributed by atoms with Gasteiger partial charge in [0.15, 0.2) is 0 Å². The van der Waals surface area contributed by atoms with Crippen molar-refractivity contribution in [3.8, 4) is 0 Å². The van der Waals surface area contributed by atoms with Gasteiger partial charge in [-0.3, -0.25) is 4.90 Å². The summed E-state index contributed by atoms with van der Waals surface area (Å²) in [7, 11) is 0. The highest BCUT2D eigenvalue weighted by atomic mass is 15.2. The Kier molecular flexibility index (Phi) is 3.96. The number of hydrogen-bond donors (Lipinski definition) is 1. The molecule has 1 fully saturated rings. The van der Waals surface area contributed by atoms with Crippen LogP contribution in [-0.2, 0) is 0 Å². The van der Waals surface area contributed by atoms with E-state index in [1.54, 1.807) is 0 Å². The number of nitrogens with zero attached hydrogens (tertiary/aromatic N) is 1. The third-order valence-corrected chi connectivity index (χ3v) is 3.30. The summed E-state index contributed by atoms with van der Waals surface area (Å²) >= 11 is 0. The van der Waals surface area contributed by atoms with Crippen molar-refractivity contribution in [1.29, 1.82) is 0 Å². The van der Waals surface area contributed by atoms with Crippen LogP contribution < -0.4 is 5.73 Å². The maximum absolute atomic E-state index is 6.13. The summed E-state index contributed by atoms with van der Waals surface area (Å²) in [6.45, 7) is 11.5. The van der Waals surface area contributed by atoms with Crippen molar-refractivity contribution in [2.75, 3.05) is 13.1 Å². The average Bonchev–Trinajstić information content (AvgIpc) is 2.29. The Morgan fingerprint density at radius 2 is 2.00 bits per heavy atom. The second-order valence-corrected chi connectivity index (χ2v) is 5.75. The van der Waals surface area contributed by atoms with E-state index in [0.717, 1.165) is 18.9 Å². The molecule has 1 atom stereocenters. The molecular formula is C12H26N2. The van der Waals surface area contributed by atoms with Crippen LogP contribution in [0.3, 0.4) is 0 Å². The molecule has 0 aromatic carbocycles. The summed E-state index contributed by atoms with van der Waals surface area (Å²) in [6, 6.07) is 0.354. The minimum atomic E-state index is 0.354. The lowest BCUT2D eigenvalue weighted by molar-refractivity contribution is 0.159. The van der Waals surface area contributed by atoms with Crippen LogP contribution in [0.5, 0.6) is 0 Å². The lowest BCUT2D eigenvalue weighted by Gasteiger charge is -2.33. The molecule has 2 heteroatoms. The molecule has 1 rings (SSSR count). The van der Waals surface area contributed by atoms with Gasteiger partial charge in [0.2, 0.25) is 0 Å². The van der Waals surface area contributed by atoms with Crippen molar-refractivity contribution in [3.63, 3.8) is 0 Å². The summed E-state index contributed by atoms with van der Waals surface area (Å²) < 4.78 is 0. The van der Waals surface area contributed by atoms with Crippen LogP contribution in [0.1, 0.15) is 47.0 Å². The first kappa shape index (κ1) is 12.0. The number of rotatable bonds is 4. The van der Waals surface area contributed by atoms with Crippen LogP contribution in [0.25, 0.3) is 0 Å². The Morgan fingerprint density at radius 1 is 1.36 bits per heavy atom. The fourth-order valence-corrected chi connectivity index (χ4v) is 2.46. The Balaban J connectivity index is 2.36. The van der Waals surface area contributed by atoms with Gasteiger partial charge in [-0.15, -0.1) is 0 Å². The highest BCUT2D eigenvalue weighted by Crippen LogP contribution is 2.28. The Bertz CT molecular complexity index is 175. The summed E-state index contributed by atoms with van der Waals surface area (Å²) in [5, 5.41) is 0. The molecule has 0 radical (unpaired) electrons. The maximum atomic E-state index is 6.13. The molecule has 1 unspecified atom stereocenters. The van der Waals surface area contributed by atoms with Gasteiger partial charge in [-0.2, -0.15) is 0 Å². The largest absolute Gasteiger partial charge is 0.327 e. The van der Waals surface area contributed by atoms with E-state index in [0.29, 0.717) is 11.6 Å². The zero-order chi connectivity index (χ0) is 10.8. The fourth-order valence-electron chi connectivity index (χ4n) is 2.46. The van der Waals surface area contributed by atoms with E-state index in [2.05, 4.69) is 32.6 Å². The molecule has 0 amide bonds. The Morgan fingerprint density at radius 3 is 2.43 bits per heavy atom. The summed E-state index contributed by atoms with van der Waals surface area (Å²) in [5.74, 6) is 0.718. The molecule has 1 aliphatic rings. The zero-order valence-electron chi connectivity index (χ0n) is 10.2. The predicted octanol–water partition coefficient (Wildman–Crippen LogP) is 2.23. The average molecular weight is 198 g/mol. The lowest BCUT2D eigenvalue weighted by Crippen LogP contribution is -2.45. The molecule has 2 nitrogen and oxygen atoms in total. The van der Waals surface area contributed by atoms with Crippen LogP contribution in [0.15, 0.2) is 0 Å². The highest BCUT2D eigenvalue weighted by molar-refractivity contribution is 4.89. The van der Waals surface area contributed by atoms with E-state index in [1.807, 2.05) is 0 Å². The van der Waals surface area contributed by atoms with Crippen molar-refractivity contribution >= 4 is 0 Å². The number of hydrogen-bond acceptors (Lipinski definition) is 2. The molecule has 0 aliphatic carbocycles. The summed E-state index contributed by atoms with van der Waals surface area (Å²) in [6.07, 6.45) is 3.80. The van der Waals surface area contributed by atoms with Gasteiger partial charge in [-0.05, 0) is 45.6 Å². The lowest BCUT2D eigenvalue weighted by atomic mass is 10.00. The molecule has 0 saturated carbocycles. The molecule has 0 bridgehead atoms. The van der Waals surface area contributed by atoms with E-state index in [9.17, 15) is 0 Å². The van der Waals surface area contributed by atoms with E-state index < -0.39 is 0 Å². The second kappa shape index (κ2) is 4.63. The first-order valence-electron chi connectivity index (χ1n) is 5.92. The Labute approximate surface area is 88.8 Å². The molecule has 84 valence electrons. The summed E-state index contributed by atoms with van der Waals surface area (Å²) in [4.78, 5) is 2.56. The molecular weight excluding hydrogens is 172 g/mol. The standard InChI is InChI=1S/C12H26N2/c1-10(2)8-11(13)9-14-7-5-6-12(14,3)4/h10-11H,5-9,13H2,1-4H3. The van der Waals surface area contributed by atoms with Crippen LogP contribution in [0.4, 0.5) is 0 Å². The normalized spacial score (nSPS) is 24.4. The van der Waals surface area contributed by atoms with Crippen molar-refractivity contribution in [3.05, 3.63) is 0 Å². The molecule has 0 spiro atoms. The monoisotopic (exact) mass is 198 g/mol. The highest BCUT2D eigenvalue weighted by Gasteiger charge is 2.32. The van der Waals surface area contributed by atoms with Crippen LogP contribution in [0, 0.1) is 5.92 Å². The van der Waals surface area contributed by atoms with Crippen LogP contribution in [-0.4, -0.2) is 29.6 Å². The third-order valence-electron chi connectivity index (χ3n) is 3.30. The fraction of sp³-hybridized carbons (Fsp3) is 1.00. The van der Waals surface area contributed by atoms with Gasteiger partial charge in [0.25, 0.3) is 0 Å². The Hall–Kier alpha value is -0.0800. The van der Waals surface area contributed by atoms with E-state index >= 15 is 0 Å². The van der Waals surface area contributed by atoms with Crippen molar-refractivity contribution in [1.82, 2.24) is 4.90 Å². The van der Waals surface area contributed by atoms with Gasteiger partial charge in [-0.25, -0.2) is 0 Å². The minimum absolute atomic E-state index is 0.354. The molecule has 1 aliphatic heterocycles. The van der Waals surface area contributed by atoms with E-state index in [-0.39, 0.29) is 0 Å². The number of nitrogens with two attached hydrogens (primary N) is 1. The molecule has 14 heavy (non-hydrogen) atoms. The SMILES string of the molecule is CC(C)CC(N)CN1CCCC1(C)C. The molecule has 0 aromatic rings. The van der Waals surface area contributed by atoms with Gasteiger partial charge >= 0.3 is 0 Å². The molecule has 1 heterocycles. The topological polar surface area (TPSA) is 29.3 Å².